The van der Waals surface area contributed by atoms with Crippen LogP contribution >= 0.6 is 0 Å². The lowest BCUT2D eigenvalue weighted by atomic mass is 10.4. The van der Waals surface area contributed by atoms with Gasteiger partial charge in [-0.3, -0.25) is 0 Å². The van der Waals surface area contributed by atoms with Gasteiger partial charge < -0.3 is 26.0 Å². The van der Waals surface area contributed by atoms with Crippen LogP contribution in [0.5, 0.6) is 0 Å². The summed E-state index contributed by atoms with van der Waals surface area (Å²) in [4.78, 5) is 21.9. The van der Waals surface area contributed by atoms with Crippen LogP contribution in [0.25, 0.3) is 0 Å². The van der Waals surface area contributed by atoms with Gasteiger partial charge in [0.25, 0.3) is 0 Å². The third-order valence-corrected chi connectivity index (χ3v) is 1.19. The Hall–Kier alpha value is -2.25. The molecular formula is C5H4N4O4. The Bertz CT molecular complexity index is 345. The number of nitrogens with zero attached hydrogens (tertiary/aromatic N) is 3. The van der Waals surface area contributed by atoms with Crippen LogP contribution in [0.3, 0.4) is 0 Å². The molecule has 0 bridgehead atoms. The number of hydrogen-bond donors (Lipinski definition) is 1. The van der Waals surface area contributed by atoms with Crippen molar-refractivity contribution in [1.82, 2.24) is 4.98 Å². The third-order valence-electron chi connectivity index (χ3n) is 1.19. The Labute approximate surface area is 71.3 Å². The highest BCUT2D eigenvalue weighted by Gasteiger charge is 2.15. The van der Waals surface area contributed by atoms with Gasteiger partial charge in [-0.2, -0.15) is 0 Å². The van der Waals surface area contributed by atoms with Crippen LogP contribution in [-0.4, -0.2) is 14.8 Å². The maximum Gasteiger partial charge on any atom is 0.370 e. The van der Waals surface area contributed by atoms with E-state index >= 15 is 0 Å². The molecule has 0 fully saturated rings. The average molecular weight is 184 g/mol. The van der Waals surface area contributed by atoms with Crippen LogP contribution in [0.15, 0.2) is 12.1 Å². The molecule has 68 valence electrons. The first kappa shape index (κ1) is 8.84. The molecule has 1 aromatic heterocycles. The van der Waals surface area contributed by atoms with Crippen molar-refractivity contribution in [3.8, 4) is 0 Å². The molecule has 0 spiro atoms. The molecule has 8 nitrogen and oxygen atoms in total. The summed E-state index contributed by atoms with van der Waals surface area (Å²) in [5, 5.41) is 20.4. The molecule has 1 heterocycles. The second-order valence-electron chi connectivity index (χ2n) is 2.13. The predicted molar refractivity (Wildman–Crippen MR) is 42.0 cm³/mol. The summed E-state index contributed by atoms with van der Waals surface area (Å²) >= 11 is 0. The summed E-state index contributed by atoms with van der Waals surface area (Å²) in [6.07, 6.45) is 0. The van der Waals surface area contributed by atoms with Gasteiger partial charge in [-0.05, 0) is 9.85 Å². The summed E-state index contributed by atoms with van der Waals surface area (Å²) < 4.78 is 0. The van der Waals surface area contributed by atoms with Crippen LogP contribution in [0, 0.1) is 20.2 Å². The number of nitro groups is 2. The second-order valence-corrected chi connectivity index (χ2v) is 2.13. The van der Waals surface area contributed by atoms with Crippen molar-refractivity contribution in [1.29, 1.82) is 0 Å². The van der Waals surface area contributed by atoms with Gasteiger partial charge in [0.1, 0.15) is 0 Å². The minimum atomic E-state index is -0.844. The molecule has 0 unspecified atom stereocenters. The van der Waals surface area contributed by atoms with Crippen molar-refractivity contribution in [2.75, 3.05) is 5.73 Å². The van der Waals surface area contributed by atoms with E-state index in [0.29, 0.717) is 0 Å². The Morgan fingerprint density at radius 1 is 1.15 bits per heavy atom. The molecule has 0 aliphatic carbocycles. The zero-order chi connectivity index (χ0) is 10.0. The van der Waals surface area contributed by atoms with Gasteiger partial charge in [-0.25, -0.2) is 0 Å². The fourth-order valence-electron chi connectivity index (χ4n) is 0.709. The lowest BCUT2D eigenvalue weighted by molar-refractivity contribution is -0.403. The minimum Gasteiger partial charge on any atom is -0.398 e. The smallest absolute Gasteiger partial charge is 0.370 e. The highest BCUT2D eigenvalue weighted by atomic mass is 16.6. The van der Waals surface area contributed by atoms with Crippen LogP contribution in [0.4, 0.5) is 17.3 Å². The summed E-state index contributed by atoms with van der Waals surface area (Å²) in [5.74, 6) is -1.27. The summed E-state index contributed by atoms with van der Waals surface area (Å²) in [6, 6.07) is 1.90. The van der Waals surface area contributed by atoms with Gasteiger partial charge >= 0.3 is 11.6 Å². The standard InChI is InChI=1S/C5H4N4O4/c6-3-1-4(8(10)11)7-5(2-3)9(12)13/h1-2H,(H2,6,7). The molecule has 0 atom stereocenters. The van der Waals surface area contributed by atoms with Crippen LogP contribution < -0.4 is 5.73 Å². The molecule has 0 saturated carbocycles. The van der Waals surface area contributed by atoms with Crippen LogP contribution in [-0.2, 0) is 0 Å². The molecule has 1 aromatic rings. The molecule has 0 radical (unpaired) electrons. The maximum absolute atomic E-state index is 10.2. The number of nitrogen functional groups attached to an aromatic ring is 1. The first-order valence-electron chi connectivity index (χ1n) is 3.07. The molecule has 0 aliphatic rings. The molecule has 8 heteroatoms. The van der Waals surface area contributed by atoms with Gasteiger partial charge in [0.05, 0.1) is 12.1 Å². The van der Waals surface area contributed by atoms with Gasteiger partial charge in [-0.1, -0.05) is 0 Å². The van der Waals surface area contributed by atoms with E-state index < -0.39 is 21.5 Å². The van der Waals surface area contributed by atoms with Crippen LogP contribution in [0.2, 0.25) is 0 Å². The number of hydrogen-bond acceptors (Lipinski definition) is 6. The van der Waals surface area contributed by atoms with E-state index in [1.54, 1.807) is 0 Å². The van der Waals surface area contributed by atoms with E-state index in [-0.39, 0.29) is 5.69 Å². The number of pyridine rings is 1. The highest BCUT2D eigenvalue weighted by Crippen LogP contribution is 2.18. The van der Waals surface area contributed by atoms with Gasteiger partial charge in [-0.15, -0.1) is 0 Å². The molecular weight excluding hydrogens is 180 g/mol. The fourth-order valence-corrected chi connectivity index (χ4v) is 0.709. The van der Waals surface area contributed by atoms with E-state index in [0.717, 1.165) is 12.1 Å². The van der Waals surface area contributed by atoms with E-state index in [2.05, 4.69) is 4.98 Å². The van der Waals surface area contributed by atoms with E-state index in [9.17, 15) is 20.2 Å². The van der Waals surface area contributed by atoms with Gasteiger partial charge in [0.2, 0.25) is 0 Å². The molecule has 2 N–H and O–H groups in total. The SMILES string of the molecule is Nc1cc([N+](=O)[O-])nc([N+](=O)[O-])c1. The molecule has 0 amide bonds. The van der Waals surface area contributed by atoms with E-state index in [1.807, 2.05) is 0 Å². The molecule has 0 aliphatic heterocycles. The van der Waals surface area contributed by atoms with Crippen molar-refractivity contribution in [3.05, 3.63) is 32.4 Å². The lowest BCUT2D eigenvalue weighted by Gasteiger charge is -1.96. The number of rotatable bonds is 2. The van der Waals surface area contributed by atoms with Crippen molar-refractivity contribution >= 4 is 17.3 Å². The first-order chi connectivity index (χ1) is 6.00. The van der Waals surface area contributed by atoms with E-state index in [1.165, 1.54) is 0 Å². The predicted octanol–water partition coefficient (Wildman–Crippen LogP) is 0.480. The fraction of sp³-hybridized carbons (Fsp3) is 0. The molecule has 0 saturated heterocycles. The lowest BCUT2D eigenvalue weighted by Crippen LogP contribution is -1.99. The van der Waals surface area contributed by atoms with Gasteiger partial charge in [0, 0.05) is 10.7 Å². The monoisotopic (exact) mass is 184 g/mol. The zero-order valence-corrected chi connectivity index (χ0v) is 6.21. The average Bonchev–Trinajstić information content (AvgIpc) is 2.03. The Morgan fingerprint density at radius 3 is 1.85 bits per heavy atom. The second kappa shape index (κ2) is 3.01. The Balaban J connectivity index is 3.26. The van der Waals surface area contributed by atoms with Crippen molar-refractivity contribution in [2.45, 2.75) is 0 Å². The summed E-state index contributed by atoms with van der Waals surface area (Å²) in [7, 11) is 0. The van der Waals surface area contributed by atoms with E-state index in [4.69, 9.17) is 5.73 Å². The topological polar surface area (TPSA) is 125 Å². The quantitative estimate of drug-likeness (QED) is 0.526. The third kappa shape index (κ3) is 1.86. The highest BCUT2D eigenvalue weighted by molar-refractivity contribution is 5.49. The van der Waals surface area contributed by atoms with Crippen LogP contribution in [0.1, 0.15) is 0 Å². The first-order valence-corrected chi connectivity index (χ1v) is 3.07. The molecule has 1 rings (SSSR count). The zero-order valence-electron chi connectivity index (χ0n) is 6.21. The normalized spacial score (nSPS) is 9.54. The Kier molecular flexibility index (Phi) is 2.05. The number of anilines is 1. The molecule has 13 heavy (non-hydrogen) atoms. The Morgan fingerprint density at radius 2 is 1.54 bits per heavy atom. The van der Waals surface area contributed by atoms with Crippen molar-refractivity contribution in [3.63, 3.8) is 0 Å². The van der Waals surface area contributed by atoms with Crippen molar-refractivity contribution in [2.24, 2.45) is 0 Å². The maximum atomic E-state index is 10.2. The number of aromatic nitrogens is 1. The largest absolute Gasteiger partial charge is 0.398 e. The van der Waals surface area contributed by atoms with Gasteiger partial charge in [0.15, 0.2) is 0 Å². The van der Waals surface area contributed by atoms with Crippen molar-refractivity contribution < 1.29 is 9.85 Å². The summed E-state index contributed by atoms with van der Waals surface area (Å²) in [5.41, 5.74) is 5.12. The minimum absolute atomic E-state index is 0.0617. The number of nitrogens with two attached hydrogens (primary N) is 1. The molecule has 0 aromatic carbocycles. The summed E-state index contributed by atoms with van der Waals surface area (Å²) in [6.45, 7) is 0.